The zero-order chi connectivity index (χ0) is 14.7. The molecule has 0 saturated carbocycles. The first-order chi connectivity index (χ1) is 9.56. The molecule has 0 aliphatic heterocycles. The van der Waals surface area contributed by atoms with E-state index < -0.39 is 11.6 Å². The Morgan fingerprint density at radius 3 is 2.00 bits per heavy atom. The smallest absolute Gasteiger partial charge is 0.150 e. The van der Waals surface area contributed by atoms with Crippen molar-refractivity contribution in [3.8, 4) is 0 Å². The number of hydrogen-bond donors (Lipinski definition) is 0. The molecule has 0 saturated heterocycles. The molecule has 0 unspecified atom stereocenters. The minimum absolute atomic E-state index is 0.0666. The third-order valence-corrected chi connectivity index (χ3v) is 3.61. The Morgan fingerprint density at radius 1 is 1.00 bits per heavy atom. The van der Waals surface area contributed by atoms with Crippen molar-refractivity contribution >= 4 is 23.0 Å². The minimum atomic E-state index is -0.609. The quantitative estimate of drug-likeness (QED) is 0.715. The molecule has 106 valence electrons. The molecule has 1 nitrogen and oxygen atoms in total. The maximum Gasteiger partial charge on any atom is 0.150 e. The highest BCUT2D eigenvalue weighted by Gasteiger charge is 2.16. The van der Waals surface area contributed by atoms with E-state index in [1.54, 1.807) is 7.05 Å². The Balaban J connectivity index is 2.39. The first kappa shape index (κ1) is 14.8. The van der Waals surface area contributed by atoms with Gasteiger partial charge in [0.15, 0.2) is 0 Å². The molecule has 0 radical (unpaired) electrons. The van der Waals surface area contributed by atoms with Gasteiger partial charge in [0.1, 0.15) is 17.3 Å². The van der Waals surface area contributed by atoms with Crippen LogP contribution in [0.2, 0.25) is 0 Å². The highest BCUT2D eigenvalue weighted by molar-refractivity contribution is 6.17. The lowest BCUT2D eigenvalue weighted by molar-refractivity contribution is 0.582. The number of nitrogens with zero attached hydrogens (tertiary/aromatic N) is 1. The first-order valence-electron chi connectivity index (χ1n) is 6.43. The minimum Gasteiger partial charge on any atom is -0.340 e. The second-order valence-corrected chi connectivity index (χ2v) is 4.89. The Morgan fingerprint density at radius 2 is 1.55 bits per heavy atom. The lowest BCUT2D eigenvalue weighted by atomic mass is 10.1. The summed E-state index contributed by atoms with van der Waals surface area (Å²) in [5.41, 5.74) is 2.28. The summed E-state index contributed by atoms with van der Waals surface area (Å²) in [6.45, 7) is 2.06. The number of halogens is 3. The number of rotatable bonds is 4. The zero-order valence-corrected chi connectivity index (χ0v) is 12.2. The summed E-state index contributed by atoms with van der Waals surface area (Å²) < 4.78 is 28.1. The van der Waals surface area contributed by atoms with Gasteiger partial charge >= 0.3 is 0 Å². The second kappa shape index (κ2) is 6.23. The maximum absolute atomic E-state index is 14.0. The van der Waals surface area contributed by atoms with Crippen molar-refractivity contribution < 1.29 is 8.78 Å². The van der Waals surface area contributed by atoms with Crippen LogP contribution >= 0.6 is 11.6 Å². The van der Waals surface area contributed by atoms with Gasteiger partial charge in [0.2, 0.25) is 0 Å². The van der Waals surface area contributed by atoms with E-state index in [0.717, 1.165) is 12.1 Å². The molecule has 0 aliphatic carbocycles. The predicted molar refractivity (Wildman–Crippen MR) is 79.8 cm³/mol. The largest absolute Gasteiger partial charge is 0.340 e. The lowest BCUT2D eigenvalue weighted by Gasteiger charge is -2.21. The molecule has 0 atom stereocenters. The highest BCUT2D eigenvalue weighted by atomic mass is 35.5. The summed E-state index contributed by atoms with van der Waals surface area (Å²) in [6, 6.07) is 10.1. The first-order valence-corrected chi connectivity index (χ1v) is 6.96. The fourth-order valence-corrected chi connectivity index (χ4v) is 2.25. The van der Waals surface area contributed by atoms with Crippen LogP contribution in [-0.4, -0.2) is 7.05 Å². The summed E-state index contributed by atoms with van der Waals surface area (Å²) in [4.78, 5) is 1.50. The molecule has 0 aromatic heterocycles. The molecule has 0 heterocycles. The molecule has 0 amide bonds. The van der Waals surface area contributed by atoms with Crippen LogP contribution < -0.4 is 4.90 Å². The van der Waals surface area contributed by atoms with Gasteiger partial charge in [0.05, 0.1) is 0 Å². The van der Waals surface area contributed by atoms with Gasteiger partial charge in [-0.15, -0.1) is 11.6 Å². The summed E-state index contributed by atoms with van der Waals surface area (Å²) in [5, 5.41) is 0. The monoisotopic (exact) mass is 295 g/mol. The molecule has 0 aliphatic rings. The maximum atomic E-state index is 14.0. The number of benzene rings is 2. The van der Waals surface area contributed by atoms with Gasteiger partial charge in [0, 0.05) is 18.6 Å². The molecule has 4 heteroatoms. The van der Waals surface area contributed by atoms with Crippen LogP contribution in [0.15, 0.2) is 36.4 Å². The van der Waals surface area contributed by atoms with Crippen LogP contribution in [0.25, 0.3) is 0 Å². The third-order valence-electron chi connectivity index (χ3n) is 3.30. The van der Waals surface area contributed by atoms with Gasteiger partial charge in [0.25, 0.3) is 0 Å². The molecule has 2 aromatic rings. The average molecular weight is 296 g/mol. The van der Waals surface area contributed by atoms with Crippen LogP contribution in [0, 0.1) is 11.6 Å². The van der Waals surface area contributed by atoms with E-state index in [-0.39, 0.29) is 11.6 Å². The molecule has 20 heavy (non-hydrogen) atoms. The van der Waals surface area contributed by atoms with Crippen LogP contribution in [0.1, 0.15) is 18.1 Å². The van der Waals surface area contributed by atoms with E-state index in [0.29, 0.717) is 5.56 Å². The predicted octanol–water partition coefficient (Wildman–Crippen LogP) is 5.03. The summed E-state index contributed by atoms with van der Waals surface area (Å²) in [6.07, 6.45) is 0.928. The van der Waals surface area contributed by atoms with Gasteiger partial charge in [-0.3, -0.25) is 0 Å². The number of aryl methyl sites for hydroxylation is 1. The van der Waals surface area contributed by atoms with E-state index in [1.807, 2.05) is 24.3 Å². The van der Waals surface area contributed by atoms with Crippen molar-refractivity contribution in [3.63, 3.8) is 0 Å². The second-order valence-electron chi connectivity index (χ2n) is 4.62. The Labute approximate surface area is 122 Å². The topological polar surface area (TPSA) is 3.24 Å². The SMILES string of the molecule is CCc1ccc(N(C)c2c(F)cc(CCl)cc2F)cc1. The van der Waals surface area contributed by atoms with Crippen molar-refractivity contribution in [1.29, 1.82) is 0 Å². The van der Waals surface area contributed by atoms with Gasteiger partial charge in [-0.2, -0.15) is 0 Å². The number of hydrogen-bond acceptors (Lipinski definition) is 1. The van der Waals surface area contributed by atoms with Crippen LogP contribution in [0.4, 0.5) is 20.2 Å². The van der Waals surface area contributed by atoms with Crippen LogP contribution in [0.5, 0.6) is 0 Å². The zero-order valence-electron chi connectivity index (χ0n) is 11.5. The molecular formula is C16H16ClF2N. The fourth-order valence-electron chi connectivity index (χ4n) is 2.10. The van der Waals surface area contributed by atoms with Gasteiger partial charge in [-0.05, 0) is 41.8 Å². The molecular weight excluding hydrogens is 280 g/mol. The normalized spacial score (nSPS) is 10.7. The van der Waals surface area contributed by atoms with Crippen LogP contribution in [0.3, 0.4) is 0 Å². The summed E-state index contributed by atoms with van der Waals surface area (Å²) in [5.74, 6) is -1.13. The summed E-state index contributed by atoms with van der Waals surface area (Å²) in [7, 11) is 1.64. The van der Waals surface area contributed by atoms with Gasteiger partial charge in [-0.1, -0.05) is 19.1 Å². The number of anilines is 2. The lowest BCUT2D eigenvalue weighted by Crippen LogP contribution is -2.13. The molecule has 0 N–H and O–H groups in total. The Hall–Kier alpha value is -1.61. The highest BCUT2D eigenvalue weighted by Crippen LogP contribution is 2.30. The average Bonchev–Trinajstić information content (AvgIpc) is 2.46. The summed E-state index contributed by atoms with van der Waals surface area (Å²) >= 11 is 5.61. The standard InChI is InChI=1S/C16H16ClF2N/c1-3-11-4-6-13(7-5-11)20(2)16-14(18)8-12(10-17)9-15(16)19/h4-9H,3,10H2,1-2H3. The van der Waals surface area contributed by atoms with E-state index in [4.69, 9.17) is 11.6 Å². The van der Waals surface area contributed by atoms with E-state index in [2.05, 4.69) is 6.92 Å². The fraction of sp³-hybridized carbons (Fsp3) is 0.250. The van der Waals surface area contributed by atoms with Crippen molar-refractivity contribution in [3.05, 3.63) is 59.2 Å². The molecule has 0 fully saturated rings. The van der Waals surface area contributed by atoms with E-state index in [1.165, 1.54) is 22.6 Å². The van der Waals surface area contributed by atoms with Crippen molar-refractivity contribution in [2.45, 2.75) is 19.2 Å². The van der Waals surface area contributed by atoms with Gasteiger partial charge < -0.3 is 4.90 Å². The van der Waals surface area contributed by atoms with Gasteiger partial charge in [-0.25, -0.2) is 8.78 Å². The molecule has 2 rings (SSSR count). The Bertz CT molecular complexity index is 573. The third kappa shape index (κ3) is 2.93. The van der Waals surface area contributed by atoms with E-state index in [9.17, 15) is 8.78 Å². The Kier molecular flexibility index (Phi) is 4.61. The number of alkyl halides is 1. The van der Waals surface area contributed by atoms with Crippen molar-refractivity contribution in [1.82, 2.24) is 0 Å². The van der Waals surface area contributed by atoms with E-state index >= 15 is 0 Å². The molecule has 0 bridgehead atoms. The van der Waals surface area contributed by atoms with Crippen LogP contribution in [-0.2, 0) is 12.3 Å². The van der Waals surface area contributed by atoms with Crippen molar-refractivity contribution in [2.24, 2.45) is 0 Å². The molecule has 2 aromatic carbocycles. The van der Waals surface area contributed by atoms with Crippen molar-refractivity contribution in [2.75, 3.05) is 11.9 Å². The molecule has 0 spiro atoms.